The lowest BCUT2D eigenvalue weighted by Gasteiger charge is -2.14. The Morgan fingerprint density at radius 2 is 1.96 bits per heavy atom. The van der Waals surface area contributed by atoms with E-state index >= 15 is 0 Å². The van der Waals surface area contributed by atoms with Gasteiger partial charge in [0.25, 0.3) is 0 Å². The Kier molecular flexibility index (Phi) is 4.99. The summed E-state index contributed by atoms with van der Waals surface area (Å²) in [6.45, 7) is 2.02. The molecule has 1 aliphatic carbocycles. The topological polar surface area (TPSA) is 38.3 Å². The smallest absolute Gasteiger partial charge is 0.244 e. The molecule has 3 rings (SSSR count). The number of hydrogen-bond acceptors (Lipinski definition) is 2. The molecule has 0 saturated carbocycles. The van der Waals surface area contributed by atoms with Crippen LogP contribution in [-0.2, 0) is 17.6 Å². The molecule has 0 saturated heterocycles. The fourth-order valence-corrected chi connectivity index (χ4v) is 3.18. The van der Waals surface area contributed by atoms with Crippen molar-refractivity contribution in [3.63, 3.8) is 0 Å². The third kappa shape index (κ3) is 3.67. The van der Waals surface area contributed by atoms with Crippen molar-refractivity contribution in [2.24, 2.45) is 0 Å². The molecule has 0 aromatic heterocycles. The average molecular weight is 321 g/mol. The molecular formula is C21H23NO2. The second-order valence-electron chi connectivity index (χ2n) is 6.19. The van der Waals surface area contributed by atoms with Crippen molar-refractivity contribution in [2.75, 3.05) is 7.11 Å². The molecule has 1 amide bonds. The minimum Gasteiger partial charge on any atom is -0.496 e. The molecule has 0 heterocycles. The second-order valence-corrected chi connectivity index (χ2v) is 6.19. The number of carbonyl (C=O) groups excluding carboxylic acids is 1. The minimum atomic E-state index is -0.103. The third-order valence-corrected chi connectivity index (χ3v) is 4.53. The summed E-state index contributed by atoms with van der Waals surface area (Å²) in [4.78, 5) is 12.2. The fraction of sp³-hybridized carbons (Fsp3) is 0.286. The van der Waals surface area contributed by atoms with Crippen LogP contribution in [0.5, 0.6) is 5.75 Å². The summed E-state index contributed by atoms with van der Waals surface area (Å²) in [6.07, 6.45) is 6.90. The summed E-state index contributed by atoms with van der Waals surface area (Å²) in [5, 5.41) is 3.03. The van der Waals surface area contributed by atoms with Crippen LogP contribution in [0.4, 0.5) is 0 Å². The standard InChI is InChI=1S/C21H23NO2/c1-15(18-11-10-16-7-5-8-19(16)14-18)22-21(23)13-12-17-6-3-4-9-20(17)24-2/h3-4,6,9-15H,5,7-8H2,1-2H3,(H,22,23)/b13-12+. The molecule has 3 heteroatoms. The fourth-order valence-electron chi connectivity index (χ4n) is 3.18. The molecule has 24 heavy (non-hydrogen) atoms. The Bertz CT molecular complexity index is 764. The van der Waals surface area contributed by atoms with Crippen LogP contribution in [0, 0.1) is 0 Å². The van der Waals surface area contributed by atoms with Crippen LogP contribution in [0.15, 0.2) is 48.5 Å². The van der Waals surface area contributed by atoms with Gasteiger partial charge in [-0.15, -0.1) is 0 Å². The van der Waals surface area contributed by atoms with Gasteiger partial charge in [0.1, 0.15) is 5.75 Å². The molecule has 0 bridgehead atoms. The van der Waals surface area contributed by atoms with Gasteiger partial charge in [-0.05, 0) is 55.0 Å². The van der Waals surface area contributed by atoms with Crippen molar-refractivity contribution in [3.05, 3.63) is 70.8 Å². The lowest BCUT2D eigenvalue weighted by atomic mass is 10.0. The van der Waals surface area contributed by atoms with E-state index in [0.29, 0.717) is 0 Å². The van der Waals surface area contributed by atoms with Gasteiger partial charge >= 0.3 is 0 Å². The molecule has 1 N–H and O–H groups in total. The van der Waals surface area contributed by atoms with E-state index in [4.69, 9.17) is 4.74 Å². The number of carbonyl (C=O) groups is 1. The monoisotopic (exact) mass is 321 g/mol. The summed E-state index contributed by atoms with van der Waals surface area (Å²) in [5.41, 5.74) is 4.93. The van der Waals surface area contributed by atoms with Crippen molar-refractivity contribution < 1.29 is 9.53 Å². The van der Waals surface area contributed by atoms with Gasteiger partial charge in [0.05, 0.1) is 13.2 Å². The van der Waals surface area contributed by atoms with Crippen LogP contribution in [-0.4, -0.2) is 13.0 Å². The Morgan fingerprint density at radius 1 is 1.17 bits per heavy atom. The zero-order chi connectivity index (χ0) is 16.9. The summed E-state index contributed by atoms with van der Waals surface area (Å²) in [6, 6.07) is 14.2. The van der Waals surface area contributed by atoms with E-state index in [-0.39, 0.29) is 11.9 Å². The van der Waals surface area contributed by atoms with Crippen molar-refractivity contribution >= 4 is 12.0 Å². The zero-order valence-corrected chi connectivity index (χ0v) is 14.2. The normalized spacial score (nSPS) is 14.4. The van der Waals surface area contributed by atoms with E-state index in [0.717, 1.165) is 23.3 Å². The van der Waals surface area contributed by atoms with Crippen molar-refractivity contribution in [3.8, 4) is 5.75 Å². The van der Waals surface area contributed by atoms with E-state index in [1.807, 2.05) is 31.2 Å². The van der Waals surface area contributed by atoms with Gasteiger partial charge in [0.15, 0.2) is 0 Å². The molecule has 124 valence electrons. The summed E-state index contributed by atoms with van der Waals surface area (Å²) in [5.74, 6) is 0.655. The first kappa shape index (κ1) is 16.3. The number of amides is 1. The number of hydrogen-bond donors (Lipinski definition) is 1. The summed E-state index contributed by atoms with van der Waals surface area (Å²) < 4.78 is 5.29. The zero-order valence-electron chi connectivity index (χ0n) is 14.2. The molecule has 0 aliphatic heterocycles. The van der Waals surface area contributed by atoms with Gasteiger partial charge < -0.3 is 10.1 Å². The average Bonchev–Trinajstić information content (AvgIpc) is 3.07. The quantitative estimate of drug-likeness (QED) is 0.843. The third-order valence-electron chi connectivity index (χ3n) is 4.53. The van der Waals surface area contributed by atoms with E-state index in [2.05, 4.69) is 23.5 Å². The molecule has 1 aliphatic rings. The highest BCUT2D eigenvalue weighted by molar-refractivity contribution is 5.92. The van der Waals surface area contributed by atoms with Gasteiger partial charge in [-0.25, -0.2) is 0 Å². The first-order valence-corrected chi connectivity index (χ1v) is 8.40. The Labute approximate surface area is 143 Å². The molecule has 0 radical (unpaired) electrons. The molecule has 3 nitrogen and oxygen atoms in total. The number of fused-ring (bicyclic) bond motifs is 1. The molecule has 2 aromatic carbocycles. The SMILES string of the molecule is COc1ccccc1/C=C/C(=O)NC(C)c1ccc2c(c1)CCC2. The van der Waals surface area contributed by atoms with Crippen LogP contribution < -0.4 is 10.1 Å². The number of methoxy groups -OCH3 is 1. The Balaban J connectivity index is 1.65. The van der Waals surface area contributed by atoms with Gasteiger partial charge in [-0.3, -0.25) is 4.79 Å². The largest absolute Gasteiger partial charge is 0.496 e. The van der Waals surface area contributed by atoms with Crippen LogP contribution in [0.2, 0.25) is 0 Å². The predicted molar refractivity (Wildman–Crippen MR) is 97.1 cm³/mol. The molecule has 0 fully saturated rings. The van der Waals surface area contributed by atoms with Gasteiger partial charge in [0, 0.05) is 11.6 Å². The van der Waals surface area contributed by atoms with E-state index in [9.17, 15) is 4.79 Å². The maximum atomic E-state index is 12.2. The maximum absolute atomic E-state index is 12.2. The number of ether oxygens (including phenoxy) is 1. The van der Waals surface area contributed by atoms with Crippen molar-refractivity contribution in [2.45, 2.75) is 32.2 Å². The molecule has 1 atom stereocenters. The van der Waals surface area contributed by atoms with Crippen LogP contribution in [0.1, 0.15) is 41.6 Å². The van der Waals surface area contributed by atoms with Gasteiger partial charge in [0.2, 0.25) is 5.91 Å². The maximum Gasteiger partial charge on any atom is 0.244 e. The summed E-state index contributed by atoms with van der Waals surface area (Å²) >= 11 is 0. The summed E-state index contributed by atoms with van der Waals surface area (Å²) in [7, 11) is 1.63. The first-order chi connectivity index (χ1) is 11.7. The minimum absolute atomic E-state index is 0.00859. The number of benzene rings is 2. The highest BCUT2D eigenvalue weighted by atomic mass is 16.5. The Hall–Kier alpha value is -2.55. The molecule has 1 unspecified atom stereocenters. The highest BCUT2D eigenvalue weighted by Crippen LogP contribution is 2.25. The Morgan fingerprint density at radius 3 is 2.79 bits per heavy atom. The number of nitrogens with one attached hydrogen (secondary N) is 1. The lowest BCUT2D eigenvalue weighted by Crippen LogP contribution is -2.24. The van der Waals surface area contributed by atoms with Crippen molar-refractivity contribution in [1.29, 1.82) is 0 Å². The van der Waals surface area contributed by atoms with Crippen LogP contribution >= 0.6 is 0 Å². The van der Waals surface area contributed by atoms with E-state index in [1.54, 1.807) is 19.3 Å². The van der Waals surface area contributed by atoms with Crippen LogP contribution in [0.3, 0.4) is 0 Å². The molecular weight excluding hydrogens is 298 g/mol. The number of rotatable bonds is 5. The number of aryl methyl sites for hydroxylation is 2. The highest BCUT2D eigenvalue weighted by Gasteiger charge is 2.14. The number of para-hydroxylation sites is 1. The second kappa shape index (κ2) is 7.35. The first-order valence-electron chi connectivity index (χ1n) is 8.40. The lowest BCUT2D eigenvalue weighted by molar-refractivity contribution is -0.117. The molecule has 2 aromatic rings. The predicted octanol–water partition coefficient (Wildman–Crippen LogP) is 4.07. The van der Waals surface area contributed by atoms with Crippen LogP contribution in [0.25, 0.3) is 6.08 Å². The van der Waals surface area contributed by atoms with Gasteiger partial charge in [-0.2, -0.15) is 0 Å². The van der Waals surface area contributed by atoms with Crippen molar-refractivity contribution in [1.82, 2.24) is 5.32 Å². The van der Waals surface area contributed by atoms with E-state index < -0.39 is 0 Å². The van der Waals surface area contributed by atoms with Gasteiger partial charge in [-0.1, -0.05) is 36.4 Å². The molecule has 0 spiro atoms. The van der Waals surface area contributed by atoms with E-state index in [1.165, 1.54) is 24.0 Å².